The average Bonchev–Trinajstić information content (AvgIpc) is 3.03. The Morgan fingerprint density at radius 3 is 2.83 bits per heavy atom. The number of methoxy groups -OCH3 is 1. The molecule has 0 aliphatic rings. The minimum absolute atomic E-state index is 0.113. The summed E-state index contributed by atoms with van der Waals surface area (Å²) >= 11 is 0. The van der Waals surface area contributed by atoms with E-state index in [1.807, 2.05) is 23.9 Å². The number of carbonyl (C=O) groups excluding carboxylic acids is 1. The van der Waals surface area contributed by atoms with Gasteiger partial charge in [-0.15, -0.1) is 0 Å². The van der Waals surface area contributed by atoms with Crippen LogP contribution in [0.3, 0.4) is 0 Å². The summed E-state index contributed by atoms with van der Waals surface area (Å²) in [5.41, 5.74) is 1.73. The minimum atomic E-state index is -0.463. The third-order valence-electron chi connectivity index (χ3n) is 3.20. The topological polar surface area (TPSA) is 94.0 Å². The van der Waals surface area contributed by atoms with E-state index < -0.39 is 6.09 Å². The monoisotopic (exact) mass is 318 g/mol. The Morgan fingerprint density at radius 2 is 2.17 bits per heavy atom. The van der Waals surface area contributed by atoms with Crippen molar-refractivity contribution in [1.29, 1.82) is 0 Å². The van der Waals surface area contributed by atoms with E-state index in [1.54, 1.807) is 12.4 Å². The predicted molar refractivity (Wildman–Crippen MR) is 87.1 cm³/mol. The highest BCUT2D eigenvalue weighted by atomic mass is 16.5. The van der Waals surface area contributed by atoms with Gasteiger partial charge in [0, 0.05) is 36.6 Å². The summed E-state index contributed by atoms with van der Waals surface area (Å²) in [5.74, 6) is 0.498. The molecule has 2 rings (SSSR count). The first-order valence-electron chi connectivity index (χ1n) is 7.45. The quantitative estimate of drug-likeness (QED) is 0.847. The molecule has 0 unspecified atom stereocenters. The van der Waals surface area contributed by atoms with E-state index in [-0.39, 0.29) is 6.04 Å². The van der Waals surface area contributed by atoms with Crippen molar-refractivity contribution >= 4 is 12.0 Å². The highest BCUT2D eigenvalue weighted by Gasteiger charge is 2.09. The van der Waals surface area contributed by atoms with E-state index in [0.717, 1.165) is 11.3 Å². The van der Waals surface area contributed by atoms with Crippen molar-refractivity contribution in [3.63, 3.8) is 0 Å². The van der Waals surface area contributed by atoms with Crippen molar-refractivity contribution in [2.75, 3.05) is 19.0 Å². The SMILES string of the molecule is COC(=O)N[C@@H](C)CNc1nccc(-c2cnn(C(C)C)c2)n1. The summed E-state index contributed by atoms with van der Waals surface area (Å²) in [6.07, 6.45) is 4.97. The molecular weight excluding hydrogens is 296 g/mol. The molecule has 0 saturated heterocycles. The van der Waals surface area contributed by atoms with Gasteiger partial charge in [-0.1, -0.05) is 0 Å². The van der Waals surface area contributed by atoms with Crippen molar-refractivity contribution in [3.05, 3.63) is 24.7 Å². The van der Waals surface area contributed by atoms with Crippen LogP contribution < -0.4 is 10.6 Å². The van der Waals surface area contributed by atoms with E-state index >= 15 is 0 Å². The van der Waals surface area contributed by atoms with Gasteiger partial charge in [0.25, 0.3) is 0 Å². The molecule has 23 heavy (non-hydrogen) atoms. The molecule has 2 N–H and O–H groups in total. The zero-order chi connectivity index (χ0) is 16.8. The number of aromatic nitrogens is 4. The maximum Gasteiger partial charge on any atom is 0.407 e. The number of anilines is 1. The Labute approximate surface area is 135 Å². The number of carbonyl (C=O) groups is 1. The Kier molecular flexibility index (Phi) is 5.51. The second-order valence-corrected chi connectivity index (χ2v) is 5.49. The maximum atomic E-state index is 11.1. The summed E-state index contributed by atoms with van der Waals surface area (Å²) in [7, 11) is 1.33. The van der Waals surface area contributed by atoms with Gasteiger partial charge in [-0.2, -0.15) is 5.10 Å². The van der Waals surface area contributed by atoms with Gasteiger partial charge in [0.2, 0.25) is 5.95 Å². The molecule has 2 aromatic heterocycles. The fraction of sp³-hybridized carbons (Fsp3) is 0.467. The van der Waals surface area contributed by atoms with Crippen LogP contribution in [0.1, 0.15) is 26.8 Å². The minimum Gasteiger partial charge on any atom is -0.453 e. The van der Waals surface area contributed by atoms with Crippen molar-refractivity contribution in [2.24, 2.45) is 0 Å². The van der Waals surface area contributed by atoms with Crippen LogP contribution in [0.25, 0.3) is 11.3 Å². The number of nitrogens with zero attached hydrogens (tertiary/aromatic N) is 4. The van der Waals surface area contributed by atoms with Crippen LogP contribution in [-0.2, 0) is 4.74 Å². The van der Waals surface area contributed by atoms with Gasteiger partial charge in [-0.25, -0.2) is 14.8 Å². The molecule has 124 valence electrons. The second-order valence-electron chi connectivity index (χ2n) is 5.49. The van der Waals surface area contributed by atoms with Gasteiger partial charge >= 0.3 is 6.09 Å². The number of hydrogen-bond acceptors (Lipinski definition) is 6. The van der Waals surface area contributed by atoms with Crippen LogP contribution in [0.2, 0.25) is 0 Å². The van der Waals surface area contributed by atoms with E-state index in [0.29, 0.717) is 18.5 Å². The van der Waals surface area contributed by atoms with Crippen molar-refractivity contribution in [1.82, 2.24) is 25.1 Å². The molecule has 0 saturated carbocycles. The normalized spacial score (nSPS) is 12.0. The smallest absolute Gasteiger partial charge is 0.407 e. The zero-order valence-corrected chi connectivity index (χ0v) is 13.8. The first kappa shape index (κ1) is 16.7. The molecule has 0 radical (unpaired) electrons. The van der Waals surface area contributed by atoms with Crippen molar-refractivity contribution in [3.8, 4) is 11.3 Å². The number of alkyl carbamates (subject to hydrolysis) is 1. The number of amides is 1. The highest BCUT2D eigenvalue weighted by molar-refractivity contribution is 5.67. The Bertz CT molecular complexity index is 655. The summed E-state index contributed by atoms with van der Waals surface area (Å²) in [5, 5.41) is 10.1. The van der Waals surface area contributed by atoms with E-state index in [1.165, 1.54) is 7.11 Å². The maximum absolute atomic E-state index is 11.1. The molecule has 0 aliphatic heterocycles. The largest absolute Gasteiger partial charge is 0.453 e. The third-order valence-corrected chi connectivity index (χ3v) is 3.20. The van der Waals surface area contributed by atoms with Gasteiger partial charge < -0.3 is 15.4 Å². The highest BCUT2D eigenvalue weighted by Crippen LogP contribution is 2.18. The summed E-state index contributed by atoms with van der Waals surface area (Å²) < 4.78 is 6.43. The summed E-state index contributed by atoms with van der Waals surface area (Å²) in [6.45, 7) is 6.49. The zero-order valence-electron chi connectivity index (χ0n) is 13.8. The molecule has 8 heteroatoms. The second kappa shape index (κ2) is 7.57. The van der Waals surface area contributed by atoms with Crippen LogP contribution in [0.15, 0.2) is 24.7 Å². The fourth-order valence-electron chi connectivity index (χ4n) is 1.91. The average molecular weight is 318 g/mol. The molecular formula is C15H22N6O2. The molecule has 1 atom stereocenters. The number of ether oxygens (including phenoxy) is 1. The first-order valence-corrected chi connectivity index (χ1v) is 7.45. The number of nitrogens with one attached hydrogen (secondary N) is 2. The molecule has 0 spiro atoms. The molecule has 0 aromatic carbocycles. The molecule has 8 nitrogen and oxygen atoms in total. The van der Waals surface area contributed by atoms with Crippen molar-refractivity contribution in [2.45, 2.75) is 32.9 Å². The molecule has 2 heterocycles. The molecule has 0 aliphatic carbocycles. The third kappa shape index (κ3) is 4.67. The summed E-state index contributed by atoms with van der Waals surface area (Å²) in [6, 6.07) is 2.02. The van der Waals surface area contributed by atoms with Gasteiger partial charge in [0.1, 0.15) is 0 Å². The lowest BCUT2D eigenvalue weighted by Crippen LogP contribution is -2.37. The van der Waals surface area contributed by atoms with E-state index in [9.17, 15) is 4.79 Å². The van der Waals surface area contributed by atoms with Crippen LogP contribution in [0.4, 0.5) is 10.7 Å². The van der Waals surface area contributed by atoms with E-state index in [2.05, 4.69) is 44.3 Å². The predicted octanol–water partition coefficient (Wildman–Crippen LogP) is 2.08. The number of rotatable bonds is 6. The molecule has 1 amide bonds. The van der Waals surface area contributed by atoms with Gasteiger partial charge in [-0.05, 0) is 26.8 Å². The lowest BCUT2D eigenvalue weighted by atomic mass is 10.2. The first-order chi connectivity index (χ1) is 11.0. The van der Waals surface area contributed by atoms with Crippen LogP contribution in [0.5, 0.6) is 0 Å². The lowest BCUT2D eigenvalue weighted by Gasteiger charge is -2.13. The van der Waals surface area contributed by atoms with Gasteiger partial charge in [0.15, 0.2) is 0 Å². The molecule has 2 aromatic rings. The summed E-state index contributed by atoms with van der Waals surface area (Å²) in [4.78, 5) is 19.8. The van der Waals surface area contributed by atoms with Gasteiger partial charge in [-0.3, -0.25) is 4.68 Å². The Morgan fingerprint density at radius 1 is 1.39 bits per heavy atom. The van der Waals surface area contributed by atoms with Crippen LogP contribution in [-0.4, -0.2) is 45.5 Å². The van der Waals surface area contributed by atoms with Crippen LogP contribution in [0, 0.1) is 0 Å². The Balaban J connectivity index is 2.00. The standard InChI is InChI=1S/C15H22N6O2/c1-10(2)21-9-12(8-18-21)13-5-6-16-14(20-13)17-7-11(3)19-15(22)23-4/h5-6,8-11H,7H2,1-4H3,(H,19,22)(H,16,17,20)/t11-/m0/s1. The molecule has 0 bridgehead atoms. The molecule has 0 fully saturated rings. The Hall–Kier alpha value is -2.64. The van der Waals surface area contributed by atoms with Gasteiger partial charge in [0.05, 0.1) is 19.0 Å². The van der Waals surface area contributed by atoms with Crippen LogP contribution >= 0.6 is 0 Å². The van der Waals surface area contributed by atoms with Crippen molar-refractivity contribution < 1.29 is 9.53 Å². The van der Waals surface area contributed by atoms with E-state index in [4.69, 9.17) is 0 Å². The lowest BCUT2D eigenvalue weighted by molar-refractivity contribution is 0.168. The number of hydrogen-bond donors (Lipinski definition) is 2. The fourth-order valence-corrected chi connectivity index (χ4v) is 1.91.